The molecule has 0 spiro atoms. The monoisotopic (exact) mass is 366 g/mol. The molecule has 0 aliphatic heterocycles. The highest BCUT2D eigenvalue weighted by Gasteiger charge is 2.21. The third kappa shape index (κ3) is 6.10. The van der Waals surface area contributed by atoms with Gasteiger partial charge in [0, 0.05) is 23.3 Å². The lowest BCUT2D eigenvalue weighted by Crippen LogP contribution is -2.23. The first-order valence-electron chi connectivity index (χ1n) is 8.33. The first kappa shape index (κ1) is 19.3. The Bertz CT molecular complexity index is 596. The van der Waals surface area contributed by atoms with E-state index < -0.39 is 0 Å². The fourth-order valence-electron chi connectivity index (χ4n) is 3.08. The highest BCUT2D eigenvalue weighted by Crippen LogP contribution is 2.27. The van der Waals surface area contributed by atoms with Crippen LogP contribution in [-0.2, 0) is 12.8 Å². The van der Waals surface area contributed by atoms with E-state index in [9.17, 15) is 10.2 Å². The molecule has 0 amide bonds. The summed E-state index contributed by atoms with van der Waals surface area (Å²) in [5.74, 6) is 0.451. The van der Waals surface area contributed by atoms with Crippen molar-refractivity contribution in [3.8, 4) is 0 Å². The summed E-state index contributed by atoms with van der Waals surface area (Å²) in [6.07, 6.45) is 3.31. The standard InChI is InChI=1S/C20H24Cl2O2/c21-19-7-3-15(4-8-19)12-17(2-1-11-23)18(14-24)13-16-5-9-20(22)10-6-16/h3-10,17-18,23-24H,1-2,11-14H2/t17-,18+/m0/s1. The van der Waals surface area contributed by atoms with E-state index in [-0.39, 0.29) is 19.1 Å². The second-order valence-electron chi connectivity index (χ2n) is 6.23. The minimum absolute atomic E-state index is 0.131. The molecule has 2 aromatic rings. The second kappa shape index (κ2) is 10.0. The quantitative estimate of drug-likeness (QED) is 0.670. The maximum absolute atomic E-state index is 9.92. The first-order chi connectivity index (χ1) is 11.6. The number of aliphatic hydroxyl groups is 2. The van der Waals surface area contributed by atoms with Crippen LogP contribution in [0.3, 0.4) is 0 Å². The van der Waals surface area contributed by atoms with E-state index in [0.29, 0.717) is 5.92 Å². The lowest BCUT2D eigenvalue weighted by molar-refractivity contribution is 0.158. The van der Waals surface area contributed by atoms with Crippen LogP contribution in [0, 0.1) is 11.8 Å². The van der Waals surface area contributed by atoms with Crippen molar-refractivity contribution < 1.29 is 10.2 Å². The van der Waals surface area contributed by atoms with Gasteiger partial charge in [-0.2, -0.15) is 0 Å². The van der Waals surface area contributed by atoms with Crippen molar-refractivity contribution in [1.29, 1.82) is 0 Å². The lowest BCUT2D eigenvalue weighted by atomic mass is 9.80. The number of aliphatic hydroxyl groups excluding tert-OH is 2. The normalized spacial score (nSPS) is 13.7. The summed E-state index contributed by atoms with van der Waals surface area (Å²) in [5, 5.41) is 20.6. The van der Waals surface area contributed by atoms with E-state index in [1.165, 1.54) is 11.1 Å². The van der Waals surface area contributed by atoms with Gasteiger partial charge in [-0.05, 0) is 72.9 Å². The second-order valence-corrected chi connectivity index (χ2v) is 7.10. The van der Waals surface area contributed by atoms with Crippen molar-refractivity contribution in [2.75, 3.05) is 13.2 Å². The van der Waals surface area contributed by atoms with E-state index in [4.69, 9.17) is 23.2 Å². The summed E-state index contributed by atoms with van der Waals surface area (Å²) in [5.41, 5.74) is 2.38. The number of benzene rings is 2. The highest BCUT2D eigenvalue weighted by atomic mass is 35.5. The molecule has 0 radical (unpaired) electrons. The Labute approximate surface area is 154 Å². The van der Waals surface area contributed by atoms with Gasteiger partial charge in [0.1, 0.15) is 0 Å². The molecule has 130 valence electrons. The third-order valence-corrected chi connectivity index (χ3v) is 4.96. The van der Waals surface area contributed by atoms with Crippen LogP contribution in [0.2, 0.25) is 10.0 Å². The van der Waals surface area contributed by atoms with Crippen LogP contribution in [0.5, 0.6) is 0 Å². The Morgan fingerprint density at radius 2 is 1.17 bits per heavy atom. The third-order valence-electron chi connectivity index (χ3n) is 4.46. The molecule has 0 unspecified atom stereocenters. The molecule has 2 atom stereocenters. The van der Waals surface area contributed by atoms with Gasteiger partial charge in [-0.15, -0.1) is 0 Å². The topological polar surface area (TPSA) is 40.5 Å². The Balaban J connectivity index is 2.10. The van der Waals surface area contributed by atoms with E-state index in [1.54, 1.807) is 0 Å². The Kier molecular flexibility index (Phi) is 8.07. The average Bonchev–Trinajstić information content (AvgIpc) is 2.60. The van der Waals surface area contributed by atoms with Gasteiger partial charge in [0.2, 0.25) is 0 Å². The maximum Gasteiger partial charge on any atom is 0.0465 e. The van der Waals surface area contributed by atoms with Gasteiger partial charge >= 0.3 is 0 Å². The molecule has 2 N–H and O–H groups in total. The SMILES string of the molecule is OCCC[C@@H](Cc1ccc(Cl)cc1)[C@@H](CO)Cc1ccc(Cl)cc1. The van der Waals surface area contributed by atoms with Crippen molar-refractivity contribution in [1.82, 2.24) is 0 Å². The predicted molar refractivity (Wildman–Crippen MR) is 101 cm³/mol. The predicted octanol–water partition coefficient (Wildman–Crippen LogP) is 4.78. The molecule has 0 saturated carbocycles. The smallest absolute Gasteiger partial charge is 0.0465 e. The van der Waals surface area contributed by atoms with Gasteiger partial charge in [0.05, 0.1) is 0 Å². The van der Waals surface area contributed by atoms with Gasteiger partial charge < -0.3 is 10.2 Å². The van der Waals surface area contributed by atoms with Crippen LogP contribution < -0.4 is 0 Å². The maximum atomic E-state index is 9.92. The largest absolute Gasteiger partial charge is 0.396 e. The van der Waals surface area contributed by atoms with Crippen LogP contribution in [0.1, 0.15) is 24.0 Å². The zero-order chi connectivity index (χ0) is 17.4. The number of halogens is 2. The van der Waals surface area contributed by atoms with Crippen molar-refractivity contribution in [3.63, 3.8) is 0 Å². The summed E-state index contributed by atoms with van der Waals surface area (Å²) in [7, 11) is 0. The molecule has 0 aromatic heterocycles. The summed E-state index contributed by atoms with van der Waals surface area (Å²) < 4.78 is 0. The molecule has 2 nitrogen and oxygen atoms in total. The summed E-state index contributed by atoms with van der Waals surface area (Å²) in [4.78, 5) is 0. The molecule has 2 aromatic carbocycles. The van der Waals surface area contributed by atoms with E-state index >= 15 is 0 Å². The van der Waals surface area contributed by atoms with Crippen LogP contribution in [0.15, 0.2) is 48.5 Å². The first-order valence-corrected chi connectivity index (χ1v) is 9.08. The Hall–Kier alpha value is -1.06. The van der Waals surface area contributed by atoms with Crippen molar-refractivity contribution in [2.45, 2.75) is 25.7 Å². The molecule has 2 rings (SSSR count). The van der Waals surface area contributed by atoms with Crippen LogP contribution >= 0.6 is 23.2 Å². The van der Waals surface area contributed by atoms with Crippen LogP contribution in [0.25, 0.3) is 0 Å². The average molecular weight is 367 g/mol. The van der Waals surface area contributed by atoms with Gasteiger partial charge in [0.25, 0.3) is 0 Å². The molecular weight excluding hydrogens is 343 g/mol. The zero-order valence-corrected chi connectivity index (χ0v) is 15.2. The summed E-state index contributed by atoms with van der Waals surface area (Å²) >= 11 is 11.9. The molecular formula is C20H24Cl2O2. The van der Waals surface area contributed by atoms with E-state index in [0.717, 1.165) is 35.7 Å². The molecule has 4 heteroatoms. The number of hydrogen-bond acceptors (Lipinski definition) is 2. The Morgan fingerprint density at radius 1 is 0.708 bits per heavy atom. The van der Waals surface area contributed by atoms with Gasteiger partial charge in [-0.3, -0.25) is 0 Å². The summed E-state index contributed by atoms with van der Waals surface area (Å²) in [6, 6.07) is 15.6. The van der Waals surface area contributed by atoms with Gasteiger partial charge in [0.15, 0.2) is 0 Å². The molecule has 0 saturated heterocycles. The molecule has 0 bridgehead atoms. The van der Waals surface area contributed by atoms with Gasteiger partial charge in [-0.25, -0.2) is 0 Å². The summed E-state index contributed by atoms with van der Waals surface area (Å²) in [6.45, 7) is 0.308. The van der Waals surface area contributed by atoms with E-state index in [2.05, 4.69) is 0 Å². The molecule has 0 aliphatic carbocycles. The fraction of sp³-hybridized carbons (Fsp3) is 0.400. The van der Waals surface area contributed by atoms with Crippen LogP contribution in [0.4, 0.5) is 0 Å². The highest BCUT2D eigenvalue weighted by molar-refractivity contribution is 6.30. The van der Waals surface area contributed by atoms with Crippen LogP contribution in [-0.4, -0.2) is 23.4 Å². The Morgan fingerprint density at radius 3 is 1.58 bits per heavy atom. The minimum Gasteiger partial charge on any atom is -0.396 e. The molecule has 0 heterocycles. The van der Waals surface area contributed by atoms with Crippen molar-refractivity contribution in [2.24, 2.45) is 11.8 Å². The van der Waals surface area contributed by atoms with Crippen molar-refractivity contribution >= 4 is 23.2 Å². The van der Waals surface area contributed by atoms with E-state index in [1.807, 2.05) is 48.5 Å². The van der Waals surface area contributed by atoms with Gasteiger partial charge in [-0.1, -0.05) is 47.5 Å². The number of rotatable bonds is 9. The molecule has 0 fully saturated rings. The van der Waals surface area contributed by atoms with Crippen molar-refractivity contribution in [3.05, 3.63) is 69.7 Å². The fourth-order valence-corrected chi connectivity index (χ4v) is 3.34. The lowest BCUT2D eigenvalue weighted by Gasteiger charge is -2.26. The number of hydrogen-bond donors (Lipinski definition) is 2. The minimum atomic E-state index is 0.131. The zero-order valence-electron chi connectivity index (χ0n) is 13.7. The molecule has 24 heavy (non-hydrogen) atoms. The molecule has 0 aliphatic rings.